The van der Waals surface area contributed by atoms with Crippen LogP contribution >= 0.6 is 11.3 Å². The molecule has 1 aliphatic rings. The molecule has 1 fully saturated rings. The molecule has 2 heterocycles. The zero-order valence-corrected chi connectivity index (χ0v) is 18.7. The predicted molar refractivity (Wildman–Crippen MR) is 121 cm³/mol. The van der Waals surface area contributed by atoms with E-state index in [-0.39, 0.29) is 24.7 Å². The number of fused-ring (bicyclic) bond motifs is 1. The highest BCUT2D eigenvalue weighted by Gasteiger charge is 2.30. The summed E-state index contributed by atoms with van der Waals surface area (Å²) in [6.07, 6.45) is 0.371. The lowest BCUT2D eigenvalue weighted by atomic mass is 10.2. The van der Waals surface area contributed by atoms with E-state index in [0.29, 0.717) is 35.8 Å². The molecule has 3 amide bonds. The van der Waals surface area contributed by atoms with Gasteiger partial charge in [0.1, 0.15) is 11.3 Å². The highest BCUT2D eigenvalue weighted by atomic mass is 32.1. The summed E-state index contributed by atoms with van der Waals surface area (Å²) < 4.78 is 13.9. The molecule has 0 unspecified atom stereocenters. The van der Waals surface area contributed by atoms with Crippen LogP contribution in [0.1, 0.15) is 30.1 Å². The van der Waals surface area contributed by atoms with Crippen LogP contribution < -0.4 is 14.4 Å². The van der Waals surface area contributed by atoms with Gasteiger partial charge in [-0.1, -0.05) is 23.5 Å². The van der Waals surface area contributed by atoms with Gasteiger partial charge in [-0.3, -0.25) is 19.3 Å². The van der Waals surface area contributed by atoms with E-state index in [0.717, 1.165) is 20.9 Å². The maximum Gasteiger partial charge on any atom is 0.279 e. The molecule has 2 aromatic carbocycles. The van der Waals surface area contributed by atoms with Crippen molar-refractivity contribution in [1.82, 2.24) is 4.57 Å². The van der Waals surface area contributed by atoms with Gasteiger partial charge in [0.2, 0.25) is 11.8 Å². The molecule has 8 nitrogen and oxygen atoms in total. The zero-order valence-electron chi connectivity index (χ0n) is 17.9. The van der Waals surface area contributed by atoms with Crippen molar-refractivity contribution in [3.05, 3.63) is 52.8 Å². The number of aromatic nitrogens is 1. The molecule has 4 rings (SSSR count). The molecule has 0 N–H and O–H groups in total. The zero-order chi connectivity index (χ0) is 22.7. The number of ether oxygens (including phenoxy) is 2. The van der Waals surface area contributed by atoms with Gasteiger partial charge in [-0.05, 0) is 37.3 Å². The molecule has 0 aliphatic carbocycles. The molecule has 0 bridgehead atoms. The molecular formula is C23H23N3O5S. The van der Waals surface area contributed by atoms with Crippen molar-refractivity contribution in [2.75, 3.05) is 25.2 Å². The van der Waals surface area contributed by atoms with Crippen LogP contribution in [0, 0.1) is 0 Å². The molecular weight excluding hydrogens is 430 g/mol. The van der Waals surface area contributed by atoms with Crippen molar-refractivity contribution in [2.24, 2.45) is 4.99 Å². The van der Waals surface area contributed by atoms with Gasteiger partial charge >= 0.3 is 0 Å². The Morgan fingerprint density at radius 1 is 1.12 bits per heavy atom. The smallest absolute Gasteiger partial charge is 0.279 e. The summed E-state index contributed by atoms with van der Waals surface area (Å²) in [5, 5.41) is 0. The molecule has 9 heteroatoms. The minimum absolute atomic E-state index is 0.185. The molecule has 3 aromatic rings. The van der Waals surface area contributed by atoms with E-state index >= 15 is 0 Å². The Kier molecular flexibility index (Phi) is 6.48. The van der Waals surface area contributed by atoms with E-state index in [2.05, 4.69) is 4.99 Å². The van der Waals surface area contributed by atoms with Gasteiger partial charge in [0, 0.05) is 32.1 Å². The van der Waals surface area contributed by atoms with Crippen LogP contribution in [0.5, 0.6) is 5.75 Å². The average molecular weight is 454 g/mol. The van der Waals surface area contributed by atoms with Crippen LogP contribution in [0.3, 0.4) is 0 Å². The van der Waals surface area contributed by atoms with Gasteiger partial charge in [0.05, 0.1) is 23.6 Å². The van der Waals surface area contributed by atoms with E-state index < -0.39 is 5.91 Å². The summed E-state index contributed by atoms with van der Waals surface area (Å²) in [5.74, 6) is -0.259. The third-order valence-electron chi connectivity index (χ3n) is 5.08. The highest BCUT2D eigenvalue weighted by molar-refractivity contribution is 7.16. The van der Waals surface area contributed by atoms with E-state index in [4.69, 9.17) is 9.47 Å². The number of hydrogen-bond donors (Lipinski definition) is 0. The van der Waals surface area contributed by atoms with Crippen LogP contribution in [0.2, 0.25) is 0 Å². The number of thiazole rings is 1. The Hall–Kier alpha value is -3.30. The summed E-state index contributed by atoms with van der Waals surface area (Å²) in [6, 6.07) is 12.2. The second-order valence-electron chi connectivity index (χ2n) is 7.16. The van der Waals surface area contributed by atoms with Crippen LogP contribution in [0.25, 0.3) is 10.2 Å². The average Bonchev–Trinajstić information content (AvgIpc) is 3.31. The third kappa shape index (κ3) is 4.21. The number of methoxy groups -OCH3 is 1. The standard InChI is InChI=1S/C23H23N3O5S/c1-3-31-17-8-5-9-18-21(17)25(12-13-30-2)23(32-18)24-22(29)15-6-4-7-16(14-15)26-19(27)10-11-20(26)28/h4-9,14H,3,10-13H2,1-2H3. The lowest BCUT2D eigenvalue weighted by Gasteiger charge is -2.14. The van der Waals surface area contributed by atoms with Gasteiger partial charge in [-0.25, -0.2) is 0 Å². The fourth-order valence-corrected chi connectivity index (χ4v) is 4.71. The van der Waals surface area contributed by atoms with Crippen molar-refractivity contribution in [1.29, 1.82) is 0 Å². The number of amides is 3. The fraction of sp³-hybridized carbons (Fsp3) is 0.304. The highest BCUT2D eigenvalue weighted by Crippen LogP contribution is 2.28. The van der Waals surface area contributed by atoms with Gasteiger partial charge in [0.25, 0.3) is 5.91 Å². The lowest BCUT2D eigenvalue weighted by molar-refractivity contribution is -0.121. The first-order valence-electron chi connectivity index (χ1n) is 10.3. The van der Waals surface area contributed by atoms with E-state index in [1.807, 2.05) is 29.7 Å². The van der Waals surface area contributed by atoms with Crippen LogP contribution in [-0.2, 0) is 20.9 Å². The second kappa shape index (κ2) is 9.46. The number of carbonyl (C=O) groups excluding carboxylic acids is 3. The van der Waals surface area contributed by atoms with Crippen molar-refractivity contribution >= 4 is 45.0 Å². The number of para-hydroxylation sites is 1. The van der Waals surface area contributed by atoms with Crippen LogP contribution in [0.15, 0.2) is 47.5 Å². The van der Waals surface area contributed by atoms with E-state index in [9.17, 15) is 14.4 Å². The third-order valence-corrected chi connectivity index (χ3v) is 6.13. The first-order valence-corrected chi connectivity index (χ1v) is 11.1. The Morgan fingerprint density at radius 3 is 2.59 bits per heavy atom. The van der Waals surface area contributed by atoms with E-state index in [1.54, 1.807) is 25.3 Å². The summed E-state index contributed by atoms with van der Waals surface area (Å²) in [4.78, 5) is 43.2. The number of rotatable bonds is 7. The maximum absolute atomic E-state index is 13.0. The second-order valence-corrected chi connectivity index (χ2v) is 8.16. The summed E-state index contributed by atoms with van der Waals surface area (Å²) in [7, 11) is 1.62. The van der Waals surface area contributed by atoms with E-state index in [1.165, 1.54) is 17.4 Å². The number of anilines is 1. The largest absolute Gasteiger partial charge is 0.492 e. The molecule has 1 aromatic heterocycles. The Balaban J connectivity index is 1.77. The minimum atomic E-state index is -0.457. The lowest BCUT2D eigenvalue weighted by Crippen LogP contribution is -2.28. The molecule has 1 saturated heterocycles. The molecule has 1 aliphatic heterocycles. The predicted octanol–water partition coefficient (Wildman–Crippen LogP) is 3.14. The van der Waals surface area contributed by atoms with Crippen molar-refractivity contribution in [3.8, 4) is 5.75 Å². The molecule has 0 radical (unpaired) electrons. The number of carbonyl (C=O) groups is 3. The Labute approximate surface area is 188 Å². The van der Waals surface area contributed by atoms with Gasteiger partial charge < -0.3 is 14.0 Å². The first-order chi connectivity index (χ1) is 15.5. The normalized spacial score (nSPS) is 14.6. The number of imide groups is 1. The Morgan fingerprint density at radius 2 is 1.88 bits per heavy atom. The number of hydrogen-bond acceptors (Lipinski definition) is 6. The Bertz CT molecular complexity index is 1240. The maximum atomic E-state index is 13.0. The van der Waals surface area contributed by atoms with Crippen LogP contribution in [-0.4, -0.2) is 42.6 Å². The summed E-state index contributed by atoms with van der Waals surface area (Å²) in [6.45, 7) is 3.39. The molecule has 0 atom stereocenters. The monoisotopic (exact) mass is 453 g/mol. The molecule has 0 spiro atoms. The number of nitrogens with zero attached hydrogens (tertiary/aromatic N) is 3. The SMILES string of the molecule is CCOc1cccc2sc(=NC(=O)c3cccc(N4C(=O)CCC4=O)c3)n(CCOC)c12. The van der Waals surface area contributed by atoms with Gasteiger partial charge in [-0.15, -0.1) is 0 Å². The van der Waals surface area contributed by atoms with Gasteiger partial charge in [0.15, 0.2) is 4.80 Å². The molecule has 0 saturated carbocycles. The van der Waals surface area contributed by atoms with Gasteiger partial charge in [-0.2, -0.15) is 4.99 Å². The quantitative estimate of drug-likeness (QED) is 0.513. The summed E-state index contributed by atoms with van der Waals surface area (Å²) >= 11 is 1.39. The van der Waals surface area contributed by atoms with Crippen molar-refractivity contribution in [2.45, 2.75) is 26.3 Å². The van der Waals surface area contributed by atoms with Crippen molar-refractivity contribution < 1.29 is 23.9 Å². The summed E-state index contributed by atoms with van der Waals surface area (Å²) in [5.41, 5.74) is 1.56. The minimum Gasteiger partial charge on any atom is -0.492 e. The molecule has 166 valence electrons. The topological polar surface area (TPSA) is 90.2 Å². The fourth-order valence-electron chi connectivity index (χ4n) is 3.64. The number of benzene rings is 2. The van der Waals surface area contributed by atoms with Crippen molar-refractivity contribution in [3.63, 3.8) is 0 Å². The molecule has 32 heavy (non-hydrogen) atoms. The van der Waals surface area contributed by atoms with Crippen LogP contribution in [0.4, 0.5) is 5.69 Å². The first kappa shape index (κ1) is 21.9.